The summed E-state index contributed by atoms with van der Waals surface area (Å²) in [5, 5.41) is 3.01. The number of hydrogen-bond acceptors (Lipinski definition) is 7. The standard InChI is InChI=1S/C28H32F2N6O4/c1-17(37)35-8-6-19(7-9-35)16-40-21-12-22(30)25-24(13-21)33-28(34-26(25)38)32-14-18-4-10-36(11-5-18)27(39)23-3-2-20(29)15-31-23/h2-3,12-13,15,18-19H,4-11,14,16H2,1H3,(H2,32,33,34,38). The van der Waals surface area contributed by atoms with E-state index in [1.165, 1.54) is 18.2 Å². The van der Waals surface area contributed by atoms with Crippen molar-refractivity contribution in [2.75, 3.05) is 44.6 Å². The number of carbonyl (C=O) groups excluding carboxylic acids is 2. The fourth-order valence-corrected chi connectivity index (χ4v) is 5.24. The summed E-state index contributed by atoms with van der Waals surface area (Å²) in [6.45, 7) is 4.90. The quantitative estimate of drug-likeness (QED) is 0.460. The number of rotatable bonds is 7. The second-order valence-electron chi connectivity index (χ2n) is 10.5. The first kappa shape index (κ1) is 27.5. The van der Waals surface area contributed by atoms with Crippen LogP contribution in [-0.4, -0.2) is 75.9 Å². The number of halogens is 2. The second-order valence-corrected chi connectivity index (χ2v) is 10.5. The predicted octanol–water partition coefficient (Wildman–Crippen LogP) is 3.20. The molecule has 2 amide bonds. The maximum Gasteiger partial charge on any atom is 0.272 e. The van der Waals surface area contributed by atoms with Gasteiger partial charge in [0, 0.05) is 51.8 Å². The molecule has 40 heavy (non-hydrogen) atoms. The molecule has 2 saturated heterocycles. The number of H-pyrrole nitrogens is 1. The highest BCUT2D eigenvalue weighted by molar-refractivity contribution is 5.92. The van der Waals surface area contributed by atoms with Crippen molar-refractivity contribution in [2.45, 2.75) is 32.6 Å². The Morgan fingerprint density at radius 1 is 1.05 bits per heavy atom. The number of ether oxygens (including phenoxy) is 1. The summed E-state index contributed by atoms with van der Waals surface area (Å²) in [5.41, 5.74) is -0.176. The number of nitrogens with one attached hydrogen (secondary N) is 2. The summed E-state index contributed by atoms with van der Waals surface area (Å²) in [7, 11) is 0. The molecular weight excluding hydrogens is 522 g/mol. The van der Waals surface area contributed by atoms with Crippen LogP contribution in [0, 0.1) is 23.5 Å². The van der Waals surface area contributed by atoms with Crippen molar-refractivity contribution < 1.29 is 23.1 Å². The fourth-order valence-electron chi connectivity index (χ4n) is 5.24. The van der Waals surface area contributed by atoms with Crippen molar-refractivity contribution in [2.24, 2.45) is 11.8 Å². The van der Waals surface area contributed by atoms with E-state index >= 15 is 0 Å². The van der Waals surface area contributed by atoms with Gasteiger partial charge in [0.25, 0.3) is 11.5 Å². The third kappa shape index (κ3) is 6.37. The number of amides is 2. The van der Waals surface area contributed by atoms with Gasteiger partial charge in [0.15, 0.2) is 0 Å². The number of fused-ring (bicyclic) bond motifs is 1. The highest BCUT2D eigenvalue weighted by Gasteiger charge is 2.25. The zero-order chi connectivity index (χ0) is 28.2. The van der Waals surface area contributed by atoms with Gasteiger partial charge in [0.1, 0.15) is 28.5 Å². The Balaban J connectivity index is 1.16. The number of aromatic nitrogens is 3. The summed E-state index contributed by atoms with van der Waals surface area (Å²) in [5.74, 6) is -0.331. The molecule has 0 bridgehead atoms. The monoisotopic (exact) mass is 554 g/mol. The van der Waals surface area contributed by atoms with Crippen LogP contribution in [0.5, 0.6) is 5.75 Å². The predicted molar refractivity (Wildman–Crippen MR) is 144 cm³/mol. The van der Waals surface area contributed by atoms with E-state index in [0.29, 0.717) is 45.1 Å². The van der Waals surface area contributed by atoms with E-state index in [0.717, 1.165) is 31.9 Å². The molecule has 12 heteroatoms. The van der Waals surface area contributed by atoms with Crippen molar-refractivity contribution >= 4 is 28.7 Å². The molecule has 0 saturated carbocycles. The Hall–Kier alpha value is -4.09. The number of carbonyl (C=O) groups is 2. The van der Waals surface area contributed by atoms with Crippen LogP contribution in [0.4, 0.5) is 14.7 Å². The molecule has 5 rings (SSSR count). The van der Waals surface area contributed by atoms with Crippen LogP contribution >= 0.6 is 0 Å². The van der Waals surface area contributed by atoms with Gasteiger partial charge in [-0.2, -0.15) is 0 Å². The van der Waals surface area contributed by atoms with Gasteiger partial charge < -0.3 is 19.9 Å². The molecule has 212 valence electrons. The molecular formula is C28H32F2N6O4. The Bertz CT molecular complexity index is 1430. The third-order valence-electron chi connectivity index (χ3n) is 7.69. The molecule has 2 aliphatic rings. The van der Waals surface area contributed by atoms with Crippen molar-refractivity contribution in [1.29, 1.82) is 0 Å². The lowest BCUT2D eigenvalue weighted by Gasteiger charge is -2.32. The van der Waals surface area contributed by atoms with Crippen molar-refractivity contribution in [1.82, 2.24) is 24.8 Å². The smallest absolute Gasteiger partial charge is 0.272 e. The average molecular weight is 555 g/mol. The molecule has 0 spiro atoms. The average Bonchev–Trinajstić information content (AvgIpc) is 2.95. The highest BCUT2D eigenvalue weighted by Crippen LogP contribution is 2.25. The SMILES string of the molecule is CC(=O)N1CCC(COc2cc(F)c3c(=O)[nH]c(NCC4CCN(C(=O)c5ccc(F)cn5)CC4)nc3c2)CC1. The van der Waals surface area contributed by atoms with E-state index in [-0.39, 0.29) is 46.2 Å². The molecule has 2 N–H and O–H groups in total. The van der Waals surface area contributed by atoms with E-state index in [9.17, 15) is 23.2 Å². The number of nitrogens with zero attached hydrogens (tertiary/aromatic N) is 4. The summed E-state index contributed by atoms with van der Waals surface area (Å²) in [4.78, 5) is 51.2. The van der Waals surface area contributed by atoms with Gasteiger partial charge in [0.05, 0.1) is 18.3 Å². The van der Waals surface area contributed by atoms with Gasteiger partial charge in [0.2, 0.25) is 11.9 Å². The summed E-state index contributed by atoms with van der Waals surface area (Å²) >= 11 is 0. The number of likely N-dealkylation sites (tertiary alicyclic amines) is 2. The molecule has 0 atom stereocenters. The molecule has 10 nitrogen and oxygen atoms in total. The normalized spacial score (nSPS) is 16.8. The van der Waals surface area contributed by atoms with Gasteiger partial charge in [-0.3, -0.25) is 19.4 Å². The summed E-state index contributed by atoms with van der Waals surface area (Å²) in [6.07, 6.45) is 4.13. The van der Waals surface area contributed by atoms with Crippen molar-refractivity contribution in [3.63, 3.8) is 0 Å². The second kappa shape index (κ2) is 12.0. The molecule has 0 radical (unpaired) electrons. The Kier molecular flexibility index (Phi) is 8.22. The Morgan fingerprint density at radius 2 is 1.75 bits per heavy atom. The third-order valence-corrected chi connectivity index (χ3v) is 7.69. The Labute approximate surface area is 229 Å². The molecule has 1 aromatic carbocycles. The minimum absolute atomic E-state index is 0.0663. The minimum Gasteiger partial charge on any atom is -0.493 e. The van der Waals surface area contributed by atoms with E-state index < -0.39 is 17.2 Å². The number of piperidine rings is 2. The molecule has 2 aromatic heterocycles. The van der Waals surface area contributed by atoms with Gasteiger partial charge in [-0.15, -0.1) is 0 Å². The van der Waals surface area contributed by atoms with Crippen LogP contribution in [0.25, 0.3) is 10.9 Å². The molecule has 0 aliphatic carbocycles. The molecule has 0 unspecified atom stereocenters. The number of benzene rings is 1. The van der Waals surface area contributed by atoms with Crippen LogP contribution in [0.2, 0.25) is 0 Å². The topological polar surface area (TPSA) is 121 Å². The van der Waals surface area contributed by atoms with Crippen LogP contribution < -0.4 is 15.6 Å². The van der Waals surface area contributed by atoms with Crippen LogP contribution in [-0.2, 0) is 4.79 Å². The largest absolute Gasteiger partial charge is 0.493 e. The first-order valence-electron chi connectivity index (χ1n) is 13.5. The number of hydrogen-bond donors (Lipinski definition) is 2. The molecule has 3 aromatic rings. The van der Waals surface area contributed by atoms with Gasteiger partial charge in [-0.25, -0.2) is 18.7 Å². The lowest BCUT2D eigenvalue weighted by Crippen LogP contribution is -2.40. The van der Waals surface area contributed by atoms with Crippen molar-refractivity contribution in [3.8, 4) is 5.75 Å². The summed E-state index contributed by atoms with van der Waals surface area (Å²) in [6, 6.07) is 5.37. The molecule has 2 fully saturated rings. The number of pyridine rings is 1. The van der Waals surface area contributed by atoms with Crippen LogP contribution in [0.1, 0.15) is 43.1 Å². The maximum atomic E-state index is 14.8. The minimum atomic E-state index is -0.702. The van der Waals surface area contributed by atoms with Gasteiger partial charge in [-0.1, -0.05) is 0 Å². The van der Waals surface area contributed by atoms with E-state index in [4.69, 9.17) is 4.74 Å². The highest BCUT2D eigenvalue weighted by atomic mass is 19.1. The maximum absolute atomic E-state index is 14.8. The lowest BCUT2D eigenvalue weighted by atomic mass is 9.96. The van der Waals surface area contributed by atoms with E-state index in [2.05, 4.69) is 20.3 Å². The van der Waals surface area contributed by atoms with E-state index in [1.807, 2.05) is 4.90 Å². The van der Waals surface area contributed by atoms with E-state index in [1.54, 1.807) is 17.9 Å². The Morgan fingerprint density at radius 3 is 2.42 bits per heavy atom. The molecule has 2 aliphatic heterocycles. The summed E-state index contributed by atoms with van der Waals surface area (Å²) < 4.78 is 33.8. The fraction of sp³-hybridized carbons (Fsp3) is 0.464. The molecule has 4 heterocycles. The zero-order valence-electron chi connectivity index (χ0n) is 22.3. The first-order chi connectivity index (χ1) is 19.3. The van der Waals surface area contributed by atoms with Crippen LogP contribution in [0.15, 0.2) is 35.3 Å². The number of anilines is 1. The zero-order valence-corrected chi connectivity index (χ0v) is 22.3. The van der Waals surface area contributed by atoms with Crippen molar-refractivity contribution in [3.05, 3.63) is 58.1 Å². The lowest BCUT2D eigenvalue weighted by molar-refractivity contribution is -0.130. The van der Waals surface area contributed by atoms with Gasteiger partial charge in [-0.05, 0) is 49.7 Å². The van der Waals surface area contributed by atoms with Crippen LogP contribution in [0.3, 0.4) is 0 Å². The first-order valence-corrected chi connectivity index (χ1v) is 13.5. The number of aromatic amines is 1. The van der Waals surface area contributed by atoms with Gasteiger partial charge >= 0.3 is 0 Å².